The van der Waals surface area contributed by atoms with Gasteiger partial charge in [-0.15, -0.1) is 0 Å². The van der Waals surface area contributed by atoms with Crippen molar-refractivity contribution >= 4 is 0 Å². The summed E-state index contributed by atoms with van der Waals surface area (Å²) in [5.41, 5.74) is 0. The van der Waals surface area contributed by atoms with Gasteiger partial charge in [-0.05, 0) is 25.3 Å². The van der Waals surface area contributed by atoms with Crippen molar-refractivity contribution in [2.45, 2.75) is 57.8 Å². The lowest BCUT2D eigenvalue weighted by atomic mass is 9.92. The first-order chi connectivity index (χ1) is 7.76. The zero-order valence-electron chi connectivity index (χ0n) is 10.6. The molecule has 0 aromatic heterocycles. The van der Waals surface area contributed by atoms with E-state index in [4.69, 9.17) is 4.74 Å². The first-order valence-electron chi connectivity index (χ1n) is 6.80. The second-order valence-electron chi connectivity index (χ2n) is 5.23. The Bertz CT molecular complexity index is 218. The van der Waals surface area contributed by atoms with Crippen LogP contribution in [-0.4, -0.2) is 48.0 Å². The number of ether oxygens (including phenoxy) is 1. The van der Waals surface area contributed by atoms with Crippen LogP contribution >= 0.6 is 0 Å². The molecular formula is C13H25NO2. The van der Waals surface area contributed by atoms with E-state index in [1.807, 2.05) is 0 Å². The Kier molecular flexibility index (Phi) is 4.22. The van der Waals surface area contributed by atoms with E-state index in [1.165, 1.54) is 19.4 Å². The van der Waals surface area contributed by atoms with Crippen LogP contribution in [0.4, 0.5) is 0 Å². The Balaban J connectivity index is 1.90. The molecular weight excluding hydrogens is 202 g/mol. The number of hydrogen-bond donors (Lipinski definition) is 1. The molecule has 0 amide bonds. The molecule has 0 saturated carbocycles. The normalized spacial score (nSPS) is 33.0. The average molecular weight is 227 g/mol. The Morgan fingerprint density at radius 2 is 2.12 bits per heavy atom. The SMILES string of the molecule is CCC(CC)C(O)C1CN2CCCC2CO1. The summed E-state index contributed by atoms with van der Waals surface area (Å²) >= 11 is 0. The lowest BCUT2D eigenvalue weighted by Gasteiger charge is -2.39. The van der Waals surface area contributed by atoms with Gasteiger partial charge in [0.15, 0.2) is 0 Å². The Morgan fingerprint density at radius 1 is 1.38 bits per heavy atom. The maximum absolute atomic E-state index is 10.3. The molecule has 0 aliphatic carbocycles. The third-order valence-corrected chi connectivity index (χ3v) is 4.33. The van der Waals surface area contributed by atoms with Gasteiger partial charge >= 0.3 is 0 Å². The van der Waals surface area contributed by atoms with Gasteiger partial charge < -0.3 is 9.84 Å². The molecule has 0 bridgehead atoms. The van der Waals surface area contributed by atoms with Gasteiger partial charge in [0.1, 0.15) is 0 Å². The largest absolute Gasteiger partial charge is 0.390 e. The van der Waals surface area contributed by atoms with Crippen LogP contribution in [0.1, 0.15) is 39.5 Å². The average Bonchev–Trinajstić information content (AvgIpc) is 2.77. The van der Waals surface area contributed by atoms with E-state index >= 15 is 0 Å². The molecule has 2 rings (SSSR count). The molecule has 0 aromatic carbocycles. The molecule has 0 aromatic rings. The van der Waals surface area contributed by atoms with Crippen molar-refractivity contribution < 1.29 is 9.84 Å². The molecule has 2 heterocycles. The molecule has 0 radical (unpaired) electrons. The summed E-state index contributed by atoms with van der Waals surface area (Å²) in [6.07, 6.45) is 4.41. The summed E-state index contributed by atoms with van der Waals surface area (Å²) in [4.78, 5) is 2.50. The van der Waals surface area contributed by atoms with E-state index in [1.54, 1.807) is 0 Å². The summed E-state index contributed by atoms with van der Waals surface area (Å²) < 4.78 is 5.85. The number of aliphatic hydroxyl groups is 1. The summed E-state index contributed by atoms with van der Waals surface area (Å²) in [5.74, 6) is 0.393. The minimum absolute atomic E-state index is 0.0410. The smallest absolute Gasteiger partial charge is 0.0963 e. The number of fused-ring (bicyclic) bond motifs is 1. The standard InChI is InChI=1S/C13H25NO2/c1-3-10(4-2)13(15)12-8-14-7-5-6-11(14)9-16-12/h10-13,15H,3-9H2,1-2H3. The van der Waals surface area contributed by atoms with E-state index in [-0.39, 0.29) is 12.2 Å². The minimum atomic E-state index is -0.281. The third-order valence-electron chi connectivity index (χ3n) is 4.33. The summed E-state index contributed by atoms with van der Waals surface area (Å²) in [7, 11) is 0. The Morgan fingerprint density at radius 3 is 2.81 bits per heavy atom. The van der Waals surface area contributed by atoms with E-state index in [0.717, 1.165) is 26.0 Å². The van der Waals surface area contributed by atoms with Crippen LogP contribution in [0, 0.1) is 5.92 Å². The molecule has 2 saturated heterocycles. The lowest BCUT2D eigenvalue weighted by molar-refractivity contribution is -0.118. The van der Waals surface area contributed by atoms with E-state index < -0.39 is 0 Å². The molecule has 0 spiro atoms. The van der Waals surface area contributed by atoms with Crippen molar-refractivity contribution in [2.75, 3.05) is 19.7 Å². The maximum atomic E-state index is 10.3. The van der Waals surface area contributed by atoms with Gasteiger partial charge in [-0.1, -0.05) is 26.7 Å². The topological polar surface area (TPSA) is 32.7 Å². The molecule has 2 aliphatic rings. The minimum Gasteiger partial charge on any atom is -0.390 e. The summed E-state index contributed by atoms with van der Waals surface area (Å²) in [6, 6.07) is 0.630. The van der Waals surface area contributed by atoms with Crippen molar-refractivity contribution in [3.8, 4) is 0 Å². The molecule has 3 atom stereocenters. The van der Waals surface area contributed by atoms with Crippen LogP contribution in [0.25, 0.3) is 0 Å². The zero-order chi connectivity index (χ0) is 11.5. The number of aliphatic hydroxyl groups excluding tert-OH is 1. The van der Waals surface area contributed by atoms with Crippen LogP contribution in [0.15, 0.2) is 0 Å². The van der Waals surface area contributed by atoms with Crippen molar-refractivity contribution in [1.82, 2.24) is 4.90 Å². The fourth-order valence-corrected chi connectivity index (χ4v) is 3.12. The first kappa shape index (κ1) is 12.3. The highest BCUT2D eigenvalue weighted by atomic mass is 16.5. The summed E-state index contributed by atoms with van der Waals surface area (Å²) in [6.45, 7) is 7.25. The highest BCUT2D eigenvalue weighted by Crippen LogP contribution is 2.27. The molecule has 3 heteroatoms. The third kappa shape index (κ3) is 2.41. The molecule has 94 valence electrons. The zero-order valence-corrected chi connectivity index (χ0v) is 10.6. The van der Waals surface area contributed by atoms with Crippen molar-refractivity contribution in [2.24, 2.45) is 5.92 Å². The molecule has 16 heavy (non-hydrogen) atoms. The number of rotatable bonds is 4. The fraction of sp³-hybridized carbons (Fsp3) is 1.00. The molecule has 1 N–H and O–H groups in total. The van der Waals surface area contributed by atoms with Crippen LogP contribution in [0.3, 0.4) is 0 Å². The van der Waals surface area contributed by atoms with Crippen LogP contribution < -0.4 is 0 Å². The van der Waals surface area contributed by atoms with Crippen molar-refractivity contribution in [3.05, 3.63) is 0 Å². The van der Waals surface area contributed by atoms with Crippen LogP contribution in [0.2, 0.25) is 0 Å². The highest BCUT2D eigenvalue weighted by molar-refractivity contribution is 4.89. The second-order valence-corrected chi connectivity index (χ2v) is 5.23. The maximum Gasteiger partial charge on any atom is 0.0963 e. The van der Waals surface area contributed by atoms with E-state index in [0.29, 0.717) is 12.0 Å². The quantitative estimate of drug-likeness (QED) is 0.792. The van der Waals surface area contributed by atoms with E-state index in [9.17, 15) is 5.11 Å². The van der Waals surface area contributed by atoms with Crippen molar-refractivity contribution in [1.29, 1.82) is 0 Å². The van der Waals surface area contributed by atoms with Gasteiger partial charge in [-0.3, -0.25) is 4.90 Å². The van der Waals surface area contributed by atoms with Gasteiger partial charge in [0.25, 0.3) is 0 Å². The number of nitrogens with zero attached hydrogens (tertiary/aromatic N) is 1. The van der Waals surface area contributed by atoms with Crippen molar-refractivity contribution in [3.63, 3.8) is 0 Å². The second kappa shape index (κ2) is 5.48. The predicted molar refractivity (Wildman–Crippen MR) is 64.4 cm³/mol. The molecule has 2 fully saturated rings. The van der Waals surface area contributed by atoms with Gasteiger partial charge in [-0.2, -0.15) is 0 Å². The number of morpholine rings is 1. The molecule has 3 unspecified atom stereocenters. The van der Waals surface area contributed by atoms with Gasteiger partial charge in [0.05, 0.1) is 18.8 Å². The van der Waals surface area contributed by atoms with Gasteiger partial charge in [0.2, 0.25) is 0 Å². The van der Waals surface area contributed by atoms with Gasteiger partial charge in [0, 0.05) is 12.6 Å². The predicted octanol–water partition coefficient (Wildman–Crippen LogP) is 1.65. The Hall–Kier alpha value is -0.120. The Labute approximate surface area is 98.8 Å². The van der Waals surface area contributed by atoms with Crippen LogP contribution in [-0.2, 0) is 4.74 Å². The lowest BCUT2D eigenvalue weighted by Crippen LogP contribution is -2.52. The summed E-state index contributed by atoms with van der Waals surface area (Å²) in [5, 5.41) is 10.3. The first-order valence-corrected chi connectivity index (χ1v) is 6.80. The highest BCUT2D eigenvalue weighted by Gasteiger charge is 2.36. The van der Waals surface area contributed by atoms with Crippen LogP contribution in [0.5, 0.6) is 0 Å². The fourth-order valence-electron chi connectivity index (χ4n) is 3.12. The van der Waals surface area contributed by atoms with E-state index in [2.05, 4.69) is 18.7 Å². The number of hydrogen-bond acceptors (Lipinski definition) is 3. The monoisotopic (exact) mass is 227 g/mol. The molecule has 3 nitrogen and oxygen atoms in total. The molecule has 2 aliphatic heterocycles. The van der Waals surface area contributed by atoms with Gasteiger partial charge in [-0.25, -0.2) is 0 Å².